The van der Waals surface area contributed by atoms with Crippen molar-refractivity contribution in [3.05, 3.63) is 64.0 Å². The zero-order chi connectivity index (χ0) is 22.7. The molecule has 4 rings (SSSR count). The molecule has 2 aliphatic rings. The van der Waals surface area contributed by atoms with Crippen molar-refractivity contribution >= 4 is 23.6 Å². The third-order valence-electron chi connectivity index (χ3n) is 6.20. The number of aromatic nitrogens is 2. The first kappa shape index (κ1) is 22.5. The van der Waals surface area contributed by atoms with Gasteiger partial charge in [-0.05, 0) is 56.5 Å². The second kappa shape index (κ2) is 9.86. The topological polar surface area (TPSA) is 66.4 Å². The van der Waals surface area contributed by atoms with E-state index < -0.39 is 0 Å². The quantitative estimate of drug-likeness (QED) is 0.464. The highest BCUT2D eigenvalue weighted by molar-refractivity contribution is 8.04. The number of thioether (sulfide) groups is 1. The standard InChI is InChI=1S/C25H30N4O2S/c1-17-16-18(2)27-25(26-17)32-22-21(28(3)20-12-8-5-9-13-20)23(30)29(24(22)31)15-14-19-10-6-4-7-11-19/h4,6-7,10-11,16,20H,5,8-9,12-15H2,1-3H3. The van der Waals surface area contributed by atoms with Gasteiger partial charge in [-0.25, -0.2) is 9.97 Å². The summed E-state index contributed by atoms with van der Waals surface area (Å²) in [6, 6.07) is 12.1. The summed E-state index contributed by atoms with van der Waals surface area (Å²) >= 11 is 1.22. The molecule has 1 aliphatic heterocycles. The number of imide groups is 1. The third kappa shape index (κ3) is 4.88. The van der Waals surface area contributed by atoms with Gasteiger partial charge in [-0.2, -0.15) is 0 Å². The number of hydrogen-bond donors (Lipinski definition) is 0. The summed E-state index contributed by atoms with van der Waals surface area (Å²) < 4.78 is 0. The fourth-order valence-corrected chi connectivity index (χ4v) is 5.60. The molecule has 0 spiro atoms. The van der Waals surface area contributed by atoms with E-state index in [4.69, 9.17) is 0 Å². The number of carbonyl (C=O) groups excluding carboxylic acids is 2. The van der Waals surface area contributed by atoms with E-state index in [2.05, 4.69) is 9.97 Å². The van der Waals surface area contributed by atoms with Crippen molar-refractivity contribution in [3.63, 3.8) is 0 Å². The summed E-state index contributed by atoms with van der Waals surface area (Å²) in [5.74, 6) is -0.442. The summed E-state index contributed by atoms with van der Waals surface area (Å²) in [7, 11) is 1.96. The van der Waals surface area contributed by atoms with Crippen LogP contribution in [0.3, 0.4) is 0 Å². The molecule has 168 valence electrons. The van der Waals surface area contributed by atoms with Crippen LogP contribution >= 0.6 is 11.8 Å². The smallest absolute Gasteiger partial charge is 0.278 e. The van der Waals surface area contributed by atoms with E-state index in [9.17, 15) is 9.59 Å². The molecule has 1 aromatic heterocycles. The van der Waals surface area contributed by atoms with Gasteiger partial charge in [0, 0.05) is 31.0 Å². The van der Waals surface area contributed by atoms with Crippen LogP contribution in [-0.4, -0.2) is 51.2 Å². The number of hydrogen-bond acceptors (Lipinski definition) is 6. The van der Waals surface area contributed by atoms with Crippen molar-refractivity contribution in [2.45, 2.75) is 63.6 Å². The zero-order valence-corrected chi connectivity index (χ0v) is 19.8. The zero-order valence-electron chi connectivity index (χ0n) is 19.0. The second-order valence-corrected chi connectivity index (χ2v) is 9.59. The van der Waals surface area contributed by atoms with Crippen LogP contribution in [0.25, 0.3) is 0 Å². The average molecular weight is 451 g/mol. The molecule has 2 aromatic rings. The normalized spacial score (nSPS) is 17.4. The van der Waals surface area contributed by atoms with Gasteiger partial charge in [-0.3, -0.25) is 14.5 Å². The Balaban J connectivity index is 1.63. The highest BCUT2D eigenvalue weighted by Gasteiger charge is 2.42. The van der Waals surface area contributed by atoms with Gasteiger partial charge in [0.25, 0.3) is 11.8 Å². The number of likely N-dealkylation sites (N-methyl/N-ethyl adjacent to an activating group) is 1. The van der Waals surface area contributed by atoms with E-state index in [-0.39, 0.29) is 17.9 Å². The van der Waals surface area contributed by atoms with Crippen LogP contribution in [0, 0.1) is 13.8 Å². The second-order valence-electron chi connectivity index (χ2n) is 8.61. The fourth-order valence-electron chi connectivity index (χ4n) is 4.51. The molecule has 1 saturated carbocycles. The van der Waals surface area contributed by atoms with Crippen molar-refractivity contribution in [1.82, 2.24) is 19.8 Å². The van der Waals surface area contributed by atoms with Crippen LogP contribution in [0.2, 0.25) is 0 Å². The lowest BCUT2D eigenvalue weighted by atomic mass is 9.94. The van der Waals surface area contributed by atoms with Gasteiger partial charge in [0.2, 0.25) is 0 Å². The molecule has 0 N–H and O–H groups in total. The van der Waals surface area contributed by atoms with Gasteiger partial charge in [-0.1, -0.05) is 49.6 Å². The van der Waals surface area contributed by atoms with Crippen molar-refractivity contribution < 1.29 is 9.59 Å². The summed E-state index contributed by atoms with van der Waals surface area (Å²) in [6.07, 6.45) is 6.27. The minimum absolute atomic E-state index is 0.203. The van der Waals surface area contributed by atoms with E-state index in [1.807, 2.05) is 62.2 Å². The largest absolute Gasteiger partial charge is 0.366 e. The molecule has 7 heteroatoms. The van der Waals surface area contributed by atoms with Gasteiger partial charge in [0.05, 0.1) is 0 Å². The average Bonchev–Trinajstić information content (AvgIpc) is 3.01. The van der Waals surface area contributed by atoms with Crippen molar-refractivity contribution in [2.75, 3.05) is 13.6 Å². The Morgan fingerprint density at radius 3 is 2.31 bits per heavy atom. The Morgan fingerprint density at radius 1 is 1.00 bits per heavy atom. The number of nitrogens with zero attached hydrogens (tertiary/aromatic N) is 4. The van der Waals surface area contributed by atoms with Gasteiger partial charge in [-0.15, -0.1) is 0 Å². The van der Waals surface area contributed by atoms with Gasteiger partial charge in [0.15, 0.2) is 5.16 Å². The molecule has 0 radical (unpaired) electrons. The Kier molecular flexibility index (Phi) is 6.94. The molecular formula is C25H30N4O2S. The Hall–Kier alpha value is -2.67. The molecule has 0 bridgehead atoms. The molecule has 1 fully saturated rings. The number of rotatable bonds is 7. The molecule has 0 unspecified atom stereocenters. The first-order valence-electron chi connectivity index (χ1n) is 11.3. The lowest BCUT2D eigenvalue weighted by Crippen LogP contribution is -2.39. The van der Waals surface area contributed by atoms with E-state index in [0.717, 1.165) is 42.6 Å². The molecule has 2 amide bonds. The number of benzene rings is 1. The summed E-state index contributed by atoms with van der Waals surface area (Å²) in [6.45, 7) is 4.19. The van der Waals surface area contributed by atoms with Gasteiger partial charge in [0.1, 0.15) is 10.6 Å². The number of aryl methyl sites for hydroxylation is 2. The first-order valence-corrected chi connectivity index (χ1v) is 12.1. The maximum absolute atomic E-state index is 13.5. The number of carbonyl (C=O) groups is 2. The van der Waals surface area contributed by atoms with Crippen LogP contribution in [0.1, 0.15) is 49.1 Å². The minimum Gasteiger partial charge on any atom is -0.366 e. The molecule has 2 heterocycles. The monoisotopic (exact) mass is 450 g/mol. The SMILES string of the molecule is Cc1cc(C)nc(SC2=C(N(C)C3CCCCC3)C(=O)N(CCc3ccccc3)C2=O)n1. The molecule has 1 aliphatic carbocycles. The van der Waals surface area contributed by atoms with Gasteiger partial charge >= 0.3 is 0 Å². The van der Waals surface area contributed by atoms with Crippen LogP contribution in [-0.2, 0) is 16.0 Å². The van der Waals surface area contributed by atoms with E-state index >= 15 is 0 Å². The molecule has 6 nitrogen and oxygen atoms in total. The lowest BCUT2D eigenvalue weighted by molar-refractivity contribution is -0.138. The fraction of sp³-hybridized carbons (Fsp3) is 0.440. The first-order chi connectivity index (χ1) is 15.4. The Bertz CT molecular complexity index is 1010. The van der Waals surface area contributed by atoms with Crippen molar-refractivity contribution in [1.29, 1.82) is 0 Å². The van der Waals surface area contributed by atoms with Crippen molar-refractivity contribution in [3.8, 4) is 0 Å². The molecule has 1 aromatic carbocycles. The minimum atomic E-state index is -0.239. The van der Waals surface area contributed by atoms with E-state index in [1.165, 1.54) is 23.1 Å². The van der Waals surface area contributed by atoms with E-state index in [1.54, 1.807) is 0 Å². The molecule has 32 heavy (non-hydrogen) atoms. The maximum atomic E-state index is 13.5. The number of amides is 2. The van der Waals surface area contributed by atoms with Crippen LogP contribution in [0.15, 0.2) is 52.2 Å². The Labute approximate surface area is 194 Å². The molecule has 0 atom stereocenters. The lowest BCUT2D eigenvalue weighted by Gasteiger charge is -2.33. The van der Waals surface area contributed by atoms with Crippen LogP contribution < -0.4 is 0 Å². The highest BCUT2D eigenvalue weighted by atomic mass is 32.2. The van der Waals surface area contributed by atoms with Crippen LogP contribution in [0.5, 0.6) is 0 Å². The highest BCUT2D eigenvalue weighted by Crippen LogP contribution is 2.37. The maximum Gasteiger partial charge on any atom is 0.278 e. The van der Waals surface area contributed by atoms with Crippen LogP contribution in [0.4, 0.5) is 0 Å². The summed E-state index contributed by atoms with van der Waals surface area (Å²) in [4.78, 5) is 39.8. The van der Waals surface area contributed by atoms with Crippen molar-refractivity contribution in [2.24, 2.45) is 0 Å². The predicted molar refractivity (Wildman–Crippen MR) is 126 cm³/mol. The van der Waals surface area contributed by atoms with E-state index in [0.29, 0.717) is 28.7 Å². The predicted octanol–water partition coefficient (Wildman–Crippen LogP) is 4.27. The summed E-state index contributed by atoms with van der Waals surface area (Å²) in [5, 5.41) is 0.512. The van der Waals surface area contributed by atoms with Gasteiger partial charge < -0.3 is 4.90 Å². The molecular weight excluding hydrogens is 420 g/mol. The summed E-state index contributed by atoms with van der Waals surface area (Å²) in [5.41, 5.74) is 3.30. The third-order valence-corrected chi connectivity index (χ3v) is 7.14. The Morgan fingerprint density at radius 2 is 1.66 bits per heavy atom. The molecule has 0 saturated heterocycles.